The predicted molar refractivity (Wildman–Crippen MR) is 67.1 cm³/mol. The SMILES string of the molecule is COc1ccccc1S(=O)CC(N)C(C)C. The van der Waals surface area contributed by atoms with Crippen molar-refractivity contribution in [3.8, 4) is 5.75 Å². The van der Waals surface area contributed by atoms with Crippen molar-refractivity contribution < 1.29 is 8.95 Å². The fourth-order valence-corrected chi connectivity index (χ4v) is 2.78. The molecule has 0 saturated carbocycles. The van der Waals surface area contributed by atoms with E-state index in [1.807, 2.05) is 38.1 Å². The van der Waals surface area contributed by atoms with Gasteiger partial charge in [0, 0.05) is 11.8 Å². The molecule has 0 bridgehead atoms. The first kappa shape index (κ1) is 13.2. The molecular weight excluding hydrogens is 222 g/mol. The van der Waals surface area contributed by atoms with E-state index < -0.39 is 10.8 Å². The van der Waals surface area contributed by atoms with Crippen molar-refractivity contribution in [2.75, 3.05) is 12.9 Å². The molecule has 0 heterocycles. The Kier molecular flexibility index (Phi) is 4.96. The van der Waals surface area contributed by atoms with Crippen molar-refractivity contribution in [1.29, 1.82) is 0 Å². The lowest BCUT2D eigenvalue weighted by Gasteiger charge is -2.15. The van der Waals surface area contributed by atoms with Crippen LogP contribution >= 0.6 is 0 Å². The van der Waals surface area contributed by atoms with E-state index in [4.69, 9.17) is 10.5 Å². The van der Waals surface area contributed by atoms with Crippen molar-refractivity contribution in [3.05, 3.63) is 24.3 Å². The van der Waals surface area contributed by atoms with Crippen molar-refractivity contribution in [1.82, 2.24) is 0 Å². The molecular formula is C12H19NO2S. The molecule has 2 atom stereocenters. The van der Waals surface area contributed by atoms with Gasteiger partial charge in [-0.1, -0.05) is 26.0 Å². The fraction of sp³-hybridized carbons (Fsp3) is 0.500. The van der Waals surface area contributed by atoms with Gasteiger partial charge in [-0.05, 0) is 18.1 Å². The normalized spacial score (nSPS) is 14.8. The van der Waals surface area contributed by atoms with E-state index in [1.165, 1.54) is 0 Å². The van der Waals surface area contributed by atoms with Crippen LogP contribution in [0.3, 0.4) is 0 Å². The van der Waals surface area contributed by atoms with Gasteiger partial charge in [0.2, 0.25) is 0 Å². The highest BCUT2D eigenvalue weighted by molar-refractivity contribution is 7.85. The van der Waals surface area contributed by atoms with E-state index in [1.54, 1.807) is 7.11 Å². The van der Waals surface area contributed by atoms with Gasteiger partial charge in [-0.15, -0.1) is 0 Å². The number of nitrogens with two attached hydrogens (primary N) is 1. The van der Waals surface area contributed by atoms with Gasteiger partial charge in [0.05, 0.1) is 22.8 Å². The molecule has 90 valence electrons. The predicted octanol–water partition coefficient (Wildman–Crippen LogP) is 1.79. The Morgan fingerprint density at radius 1 is 1.38 bits per heavy atom. The summed E-state index contributed by atoms with van der Waals surface area (Å²) in [4.78, 5) is 0.723. The third-order valence-electron chi connectivity index (χ3n) is 2.51. The highest BCUT2D eigenvalue weighted by Crippen LogP contribution is 2.22. The molecule has 4 heteroatoms. The van der Waals surface area contributed by atoms with Crippen LogP contribution in [-0.2, 0) is 10.8 Å². The highest BCUT2D eigenvalue weighted by Gasteiger charge is 2.15. The Balaban J connectivity index is 2.80. The van der Waals surface area contributed by atoms with Gasteiger partial charge in [0.25, 0.3) is 0 Å². The van der Waals surface area contributed by atoms with Crippen molar-refractivity contribution in [2.45, 2.75) is 24.8 Å². The minimum atomic E-state index is -1.10. The molecule has 0 amide bonds. The maximum atomic E-state index is 12.1. The molecule has 0 aliphatic carbocycles. The fourth-order valence-electron chi connectivity index (χ4n) is 1.26. The number of rotatable bonds is 5. The first-order valence-electron chi connectivity index (χ1n) is 5.33. The smallest absolute Gasteiger partial charge is 0.134 e. The van der Waals surface area contributed by atoms with E-state index in [0.717, 1.165) is 4.90 Å². The molecule has 0 aromatic heterocycles. The standard InChI is InChI=1S/C12H19NO2S/c1-9(2)10(13)8-16(14)12-7-5-4-6-11(12)15-3/h4-7,9-10H,8,13H2,1-3H3. The van der Waals surface area contributed by atoms with Gasteiger partial charge in [-0.3, -0.25) is 4.21 Å². The topological polar surface area (TPSA) is 52.3 Å². The molecule has 3 nitrogen and oxygen atoms in total. The molecule has 2 unspecified atom stereocenters. The second kappa shape index (κ2) is 6.01. The van der Waals surface area contributed by atoms with Crippen molar-refractivity contribution in [2.24, 2.45) is 11.7 Å². The third kappa shape index (κ3) is 3.32. The minimum absolute atomic E-state index is 0.0502. The highest BCUT2D eigenvalue weighted by atomic mass is 32.2. The molecule has 1 rings (SSSR count). The van der Waals surface area contributed by atoms with Gasteiger partial charge in [-0.2, -0.15) is 0 Å². The summed E-state index contributed by atoms with van der Waals surface area (Å²) in [6, 6.07) is 7.31. The van der Waals surface area contributed by atoms with Gasteiger partial charge in [0.15, 0.2) is 0 Å². The van der Waals surface area contributed by atoms with Crippen LogP contribution in [0.5, 0.6) is 5.75 Å². The molecule has 0 saturated heterocycles. The lowest BCUT2D eigenvalue weighted by Crippen LogP contribution is -2.32. The lowest BCUT2D eigenvalue weighted by molar-refractivity contribution is 0.404. The van der Waals surface area contributed by atoms with Gasteiger partial charge in [-0.25, -0.2) is 0 Å². The maximum absolute atomic E-state index is 12.1. The monoisotopic (exact) mass is 241 g/mol. The zero-order valence-electron chi connectivity index (χ0n) is 9.97. The van der Waals surface area contributed by atoms with Crippen LogP contribution in [-0.4, -0.2) is 23.1 Å². The Morgan fingerprint density at radius 3 is 2.56 bits per heavy atom. The Bertz CT molecular complexity index is 366. The van der Waals surface area contributed by atoms with Crippen LogP contribution < -0.4 is 10.5 Å². The largest absolute Gasteiger partial charge is 0.495 e. The summed E-state index contributed by atoms with van der Waals surface area (Å²) in [5.41, 5.74) is 5.91. The quantitative estimate of drug-likeness (QED) is 0.855. The average Bonchev–Trinajstić information content (AvgIpc) is 2.28. The van der Waals surface area contributed by atoms with Crippen LogP contribution in [0.15, 0.2) is 29.2 Å². The number of hydrogen-bond donors (Lipinski definition) is 1. The van der Waals surface area contributed by atoms with E-state index in [0.29, 0.717) is 17.4 Å². The first-order valence-corrected chi connectivity index (χ1v) is 6.65. The van der Waals surface area contributed by atoms with Crippen molar-refractivity contribution in [3.63, 3.8) is 0 Å². The molecule has 1 aromatic carbocycles. The van der Waals surface area contributed by atoms with Crippen LogP contribution in [0.4, 0.5) is 0 Å². The second-order valence-corrected chi connectivity index (χ2v) is 5.54. The summed E-state index contributed by atoms with van der Waals surface area (Å²) in [7, 11) is 0.486. The summed E-state index contributed by atoms with van der Waals surface area (Å²) in [5.74, 6) is 1.47. The molecule has 1 aromatic rings. The molecule has 0 aliphatic rings. The van der Waals surface area contributed by atoms with Crippen LogP contribution in [0.2, 0.25) is 0 Å². The van der Waals surface area contributed by atoms with Crippen molar-refractivity contribution >= 4 is 10.8 Å². The summed E-state index contributed by atoms with van der Waals surface area (Å²) in [6.45, 7) is 4.06. The van der Waals surface area contributed by atoms with E-state index in [2.05, 4.69) is 0 Å². The van der Waals surface area contributed by atoms with Gasteiger partial charge >= 0.3 is 0 Å². The van der Waals surface area contributed by atoms with Crippen LogP contribution in [0.25, 0.3) is 0 Å². The summed E-state index contributed by atoms with van der Waals surface area (Å²) in [5, 5.41) is 0. The average molecular weight is 241 g/mol. The summed E-state index contributed by atoms with van der Waals surface area (Å²) >= 11 is 0. The number of hydrogen-bond acceptors (Lipinski definition) is 3. The minimum Gasteiger partial charge on any atom is -0.495 e. The van der Waals surface area contributed by atoms with E-state index in [9.17, 15) is 4.21 Å². The number of ether oxygens (including phenoxy) is 1. The number of methoxy groups -OCH3 is 1. The Morgan fingerprint density at radius 2 is 2.00 bits per heavy atom. The number of benzene rings is 1. The molecule has 0 aliphatic heterocycles. The Hall–Kier alpha value is -0.870. The first-order chi connectivity index (χ1) is 7.56. The zero-order valence-corrected chi connectivity index (χ0v) is 10.8. The third-order valence-corrected chi connectivity index (χ3v) is 4.03. The maximum Gasteiger partial charge on any atom is 0.134 e. The molecule has 0 fully saturated rings. The Labute approximate surface area is 99.4 Å². The van der Waals surface area contributed by atoms with E-state index in [-0.39, 0.29) is 6.04 Å². The zero-order chi connectivity index (χ0) is 12.1. The molecule has 2 N–H and O–H groups in total. The second-order valence-electron chi connectivity index (χ2n) is 4.07. The molecule has 0 radical (unpaired) electrons. The van der Waals surface area contributed by atoms with Crippen LogP contribution in [0.1, 0.15) is 13.8 Å². The van der Waals surface area contributed by atoms with Crippen LogP contribution in [0, 0.1) is 5.92 Å². The van der Waals surface area contributed by atoms with Gasteiger partial charge < -0.3 is 10.5 Å². The summed E-state index contributed by atoms with van der Waals surface area (Å²) < 4.78 is 17.3. The summed E-state index contributed by atoms with van der Waals surface area (Å²) in [6.07, 6.45) is 0. The lowest BCUT2D eigenvalue weighted by atomic mass is 10.1. The molecule has 0 spiro atoms. The van der Waals surface area contributed by atoms with Gasteiger partial charge in [0.1, 0.15) is 5.75 Å². The van der Waals surface area contributed by atoms with E-state index >= 15 is 0 Å². The molecule has 16 heavy (non-hydrogen) atoms. The number of para-hydroxylation sites is 1.